The van der Waals surface area contributed by atoms with E-state index in [4.69, 9.17) is 4.74 Å². The predicted molar refractivity (Wildman–Crippen MR) is 69.8 cm³/mol. The maximum absolute atomic E-state index is 12.1. The molecule has 0 amide bonds. The molecule has 1 aliphatic rings. The minimum absolute atomic E-state index is 0.128. The maximum atomic E-state index is 12.1. The van der Waals surface area contributed by atoms with Crippen LogP contribution in [0.2, 0.25) is 0 Å². The second-order valence-corrected chi connectivity index (χ2v) is 7.77. The molecule has 0 bridgehead atoms. The molecule has 0 saturated carbocycles. The van der Waals surface area contributed by atoms with Crippen molar-refractivity contribution in [2.24, 2.45) is 5.92 Å². The Kier molecular flexibility index (Phi) is 5.74. The minimum Gasteiger partial charge on any atom is -0.377 e. The zero-order valence-corrected chi connectivity index (χ0v) is 12.4. The van der Waals surface area contributed by atoms with Crippen LogP contribution in [0.15, 0.2) is 0 Å². The van der Waals surface area contributed by atoms with E-state index in [2.05, 4.69) is 22.9 Å². The molecule has 1 fully saturated rings. The van der Waals surface area contributed by atoms with Crippen LogP contribution < -0.4 is 0 Å². The van der Waals surface area contributed by atoms with Crippen molar-refractivity contribution in [3.63, 3.8) is 0 Å². The van der Waals surface area contributed by atoms with Crippen molar-refractivity contribution in [3.05, 3.63) is 0 Å². The van der Waals surface area contributed by atoms with Gasteiger partial charge in [-0.3, -0.25) is 0 Å². The second kappa shape index (κ2) is 6.36. The fourth-order valence-corrected chi connectivity index (χ4v) is 4.96. The third-order valence-corrected chi connectivity index (χ3v) is 6.07. The summed E-state index contributed by atoms with van der Waals surface area (Å²) < 4.78 is 29.4. The summed E-state index contributed by atoms with van der Waals surface area (Å²) in [5.41, 5.74) is 0. The number of alkyl halides is 1. The fourth-order valence-electron chi connectivity index (χ4n) is 2.03. The highest BCUT2D eigenvalue weighted by atomic mass is 79.9. The van der Waals surface area contributed by atoms with Gasteiger partial charge >= 0.3 is 0 Å². The van der Waals surface area contributed by atoms with Crippen molar-refractivity contribution in [1.29, 1.82) is 0 Å². The van der Waals surface area contributed by atoms with Gasteiger partial charge in [0.05, 0.1) is 17.1 Å². The van der Waals surface area contributed by atoms with E-state index in [1.807, 2.05) is 6.92 Å². The Labute approximate surface area is 107 Å². The quantitative estimate of drug-likeness (QED) is 0.707. The van der Waals surface area contributed by atoms with Gasteiger partial charge in [0, 0.05) is 11.9 Å². The molecule has 1 aliphatic heterocycles. The van der Waals surface area contributed by atoms with Gasteiger partial charge < -0.3 is 4.74 Å². The van der Waals surface area contributed by atoms with E-state index in [1.165, 1.54) is 0 Å². The molecule has 0 aromatic carbocycles. The van der Waals surface area contributed by atoms with Crippen LogP contribution in [0.4, 0.5) is 0 Å². The lowest BCUT2D eigenvalue weighted by Crippen LogP contribution is -2.30. The van der Waals surface area contributed by atoms with Crippen LogP contribution in [0, 0.1) is 5.92 Å². The van der Waals surface area contributed by atoms with Crippen LogP contribution in [0.25, 0.3) is 0 Å². The number of ether oxygens (including phenoxy) is 1. The Morgan fingerprint density at radius 1 is 1.44 bits per heavy atom. The van der Waals surface area contributed by atoms with Crippen molar-refractivity contribution in [2.75, 3.05) is 17.7 Å². The first-order chi connectivity index (χ1) is 7.47. The van der Waals surface area contributed by atoms with Crippen molar-refractivity contribution in [2.45, 2.75) is 44.5 Å². The molecule has 0 aromatic heterocycles. The molecule has 0 aliphatic carbocycles. The van der Waals surface area contributed by atoms with Gasteiger partial charge in [0.15, 0.2) is 9.84 Å². The van der Waals surface area contributed by atoms with E-state index < -0.39 is 9.84 Å². The number of rotatable bonds is 6. The van der Waals surface area contributed by atoms with E-state index >= 15 is 0 Å². The fraction of sp³-hybridized carbons (Fsp3) is 1.00. The van der Waals surface area contributed by atoms with Crippen molar-refractivity contribution >= 4 is 25.8 Å². The van der Waals surface area contributed by atoms with Crippen LogP contribution in [0.3, 0.4) is 0 Å². The zero-order valence-electron chi connectivity index (χ0n) is 9.99. The van der Waals surface area contributed by atoms with E-state index in [-0.39, 0.29) is 11.4 Å². The number of halogens is 1. The molecule has 0 radical (unpaired) electrons. The molecule has 16 heavy (non-hydrogen) atoms. The van der Waals surface area contributed by atoms with Gasteiger partial charge in [0.2, 0.25) is 0 Å². The molecular weight excluding hydrogens is 292 g/mol. The summed E-state index contributed by atoms with van der Waals surface area (Å²) in [6.07, 6.45) is 2.33. The van der Waals surface area contributed by atoms with Crippen LogP contribution in [-0.4, -0.2) is 37.5 Å². The van der Waals surface area contributed by atoms with Crippen LogP contribution in [-0.2, 0) is 14.6 Å². The number of hydrogen-bond donors (Lipinski definition) is 0. The van der Waals surface area contributed by atoms with Gasteiger partial charge in [-0.1, -0.05) is 22.9 Å². The van der Waals surface area contributed by atoms with Crippen molar-refractivity contribution in [3.8, 4) is 0 Å². The minimum atomic E-state index is -2.96. The Balaban J connectivity index is 2.45. The lowest BCUT2D eigenvalue weighted by Gasteiger charge is -2.16. The van der Waals surface area contributed by atoms with Gasteiger partial charge in [-0.25, -0.2) is 8.42 Å². The van der Waals surface area contributed by atoms with E-state index in [1.54, 1.807) is 0 Å². The third-order valence-electron chi connectivity index (χ3n) is 3.27. The standard InChI is InChI=1S/C11H21BrO3S/c1-9(3-6-12)5-8-16(13,14)11-4-7-15-10(11)2/h9-11H,3-8H2,1-2H3. The maximum Gasteiger partial charge on any atom is 0.155 e. The van der Waals surface area contributed by atoms with Gasteiger partial charge in [0.1, 0.15) is 0 Å². The molecule has 0 spiro atoms. The van der Waals surface area contributed by atoms with Gasteiger partial charge in [-0.2, -0.15) is 0 Å². The summed E-state index contributed by atoms with van der Waals surface area (Å²) in [5, 5.41) is 0.667. The Bertz CT molecular complexity index is 302. The molecule has 3 nitrogen and oxygen atoms in total. The highest BCUT2D eigenvalue weighted by Gasteiger charge is 2.35. The average molecular weight is 313 g/mol. The summed E-state index contributed by atoms with van der Waals surface area (Å²) in [6.45, 7) is 4.55. The molecule has 1 rings (SSSR count). The van der Waals surface area contributed by atoms with Crippen molar-refractivity contribution < 1.29 is 13.2 Å². The van der Waals surface area contributed by atoms with Crippen LogP contribution >= 0.6 is 15.9 Å². The lowest BCUT2D eigenvalue weighted by atomic mass is 10.1. The number of sulfone groups is 1. The van der Waals surface area contributed by atoms with Gasteiger partial charge in [0.25, 0.3) is 0 Å². The number of hydrogen-bond acceptors (Lipinski definition) is 3. The molecule has 1 saturated heterocycles. The van der Waals surface area contributed by atoms with E-state index in [0.717, 1.165) is 18.2 Å². The Morgan fingerprint density at radius 2 is 2.12 bits per heavy atom. The van der Waals surface area contributed by atoms with Crippen LogP contribution in [0.5, 0.6) is 0 Å². The summed E-state index contributed by atoms with van der Waals surface area (Å²) in [4.78, 5) is 0. The van der Waals surface area contributed by atoms with Gasteiger partial charge in [-0.05, 0) is 32.1 Å². The Hall–Kier alpha value is 0.390. The highest BCUT2D eigenvalue weighted by Crippen LogP contribution is 2.23. The molecule has 1 heterocycles. The molecule has 0 aromatic rings. The van der Waals surface area contributed by atoms with E-state index in [0.29, 0.717) is 24.7 Å². The molecule has 0 N–H and O–H groups in total. The topological polar surface area (TPSA) is 43.4 Å². The third kappa shape index (κ3) is 4.00. The van der Waals surface area contributed by atoms with Gasteiger partial charge in [-0.15, -0.1) is 0 Å². The van der Waals surface area contributed by atoms with Crippen LogP contribution in [0.1, 0.15) is 33.1 Å². The predicted octanol–water partition coefficient (Wildman–Crippen LogP) is 2.39. The monoisotopic (exact) mass is 312 g/mol. The smallest absolute Gasteiger partial charge is 0.155 e. The summed E-state index contributed by atoms with van der Waals surface area (Å²) >= 11 is 3.38. The van der Waals surface area contributed by atoms with Crippen molar-refractivity contribution in [1.82, 2.24) is 0 Å². The summed E-state index contributed by atoms with van der Waals surface area (Å²) in [7, 11) is -2.96. The first kappa shape index (κ1) is 14.5. The van der Waals surface area contributed by atoms with E-state index in [9.17, 15) is 8.42 Å². The first-order valence-corrected chi connectivity index (χ1v) is 8.70. The molecule has 5 heteroatoms. The summed E-state index contributed by atoms with van der Waals surface area (Å²) in [5.74, 6) is 0.770. The molecule has 3 atom stereocenters. The first-order valence-electron chi connectivity index (χ1n) is 5.86. The zero-order chi connectivity index (χ0) is 12.2. The average Bonchev–Trinajstić information content (AvgIpc) is 2.63. The highest BCUT2D eigenvalue weighted by molar-refractivity contribution is 9.09. The molecule has 96 valence electrons. The molecule has 3 unspecified atom stereocenters. The Morgan fingerprint density at radius 3 is 2.62 bits per heavy atom. The lowest BCUT2D eigenvalue weighted by molar-refractivity contribution is 0.126. The SMILES string of the molecule is CC(CCBr)CCS(=O)(=O)C1CCOC1C. The normalized spacial score (nSPS) is 28.2. The summed E-state index contributed by atoms with van der Waals surface area (Å²) in [6, 6.07) is 0. The second-order valence-electron chi connectivity index (χ2n) is 4.64. The molecular formula is C11H21BrO3S. The largest absolute Gasteiger partial charge is 0.377 e.